The zero-order chi connectivity index (χ0) is 14.0. The van der Waals surface area contributed by atoms with Crippen molar-refractivity contribution in [3.63, 3.8) is 0 Å². The van der Waals surface area contributed by atoms with Crippen LogP contribution in [0.15, 0.2) is 11.4 Å². The smallest absolute Gasteiger partial charge is 0.326 e. The molecule has 0 aromatic carbocycles. The maximum absolute atomic E-state index is 12.5. The number of carbonyl (C=O) groups is 2. The molecule has 1 heterocycles. The van der Waals surface area contributed by atoms with Crippen molar-refractivity contribution in [3.8, 4) is 0 Å². The van der Waals surface area contributed by atoms with Gasteiger partial charge in [-0.15, -0.1) is 11.3 Å². The number of carboxylic acid groups (broad SMARTS) is 1. The molecule has 19 heavy (non-hydrogen) atoms. The Hall–Kier alpha value is -1.36. The van der Waals surface area contributed by atoms with E-state index in [-0.39, 0.29) is 11.8 Å². The van der Waals surface area contributed by atoms with Crippen LogP contribution in [0, 0.1) is 0 Å². The first-order valence-electron chi connectivity index (χ1n) is 6.62. The molecular formula is C14H19NO3S. The third-order valence-electron chi connectivity index (χ3n) is 3.84. The number of likely N-dealkylation sites (N-methyl/N-ethyl adjacent to an activating group) is 1. The number of amides is 1. The van der Waals surface area contributed by atoms with E-state index in [0.717, 1.165) is 24.8 Å². The highest BCUT2D eigenvalue weighted by Crippen LogP contribution is 2.36. The quantitative estimate of drug-likeness (QED) is 0.922. The van der Waals surface area contributed by atoms with E-state index in [1.807, 2.05) is 11.4 Å². The van der Waals surface area contributed by atoms with E-state index < -0.39 is 12.0 Å². The van der Waals surface area contributed by atoms with Gasteiger partial charge < -0.3 is 10.0 Å². The van der Waals surface area contributed by atoms with Gasteiger partial charge in [-0.3, -0.25) is 4.79 Å². The number of carboxylic acids is 1. The van der Waals surface area contributed by atoms with E-state index in [9.17, 15) is 9.59 Å². The highest BCUT2D eigenvalue weighted by atomic mass is 32.1. The lowest BCUT2D eigenvalue weighted by Gasteiger charge is -2.30. The zero-order valence-corrected chi connectivity index (χ0v) is 12.1. The Morgan fingerprint density at radius 3 is 2.95 bits per heavy atom. The molecule has 5 heteroatoms. The first kappa shape index (κ1) is 14.1. The minimum absolute atomic E-state index is 0.0615. The molecular weight excluding hydrogens is 262 g/mol. The fraction of sp³-hybridized carbons (Fsp3) is 0.571. The van der Waals surface area contributed by atoms with Crippen molar-refractivity contribution in [2.75, 3.05) is 7.05 Å². The molecule has 4 nitrogen and oxygen atoms in total. The normalized spacial score (nSPS) is 19.6. The molecule has 0 spiro atoms. The van der Waals surface area contributed by atoms with Gasteiger partial charge in [-0.2, -0.15) is 0 Å². The van der Waals surface area contributed by atoms with E-state index in [1.54, 1.807) is 25.3 Å². The Bertz CT molecular complexity index is 483. The summed E-state index contributed by atoms with van der Waals surface area (Å²) in [6.45, 7) is 1.79. The van der Waals surface area contributed by atoms with Gasteiger partial charge in [0.25, 0.3) is 0 Å². The number of carbonyl (C=O) groups excluding carboxylic acids is 1. The minimum Gasteiger partial charge on any atom is -0.480 e. The lowest BCUT2D eigenvalue weighted by Crippen LogP contribution is -2.44. The van der Waals surface area contributed by atoms with Crippen molar-refractivity contribution in [2.24, 2.45) is 0 Å². The van der Waals surface area contributed by atoms with Crippen LogP contribution < -0.4 is 0 Å². The largest absolute Gasteiger partial charge is 0.480 e. The van der Waals surface area contributed by atoms with Gasteiger partial charge >= 0.3 is 5.97 Å². The summed E-state index contributed by atoms with van der Waals surface area (Å²) in [7, 11) is 1.60. The molecule has 0 saturated carbocycles. The van der Waals surface area contributed by atoms with E-state index in [1.165, 1.54) is 9.78 Å². The van der Waals surface area contributed by atoms with Gasteiger partial charge in [-0.05, 0) is 42.7 Å². The van der Waals surface area contributed by atoms with Gasteiger partial charge in [0.1, 0.15) is 6.04 Å². The summed E-state index contributed by atoms with van der Waals surface area (Å²) in [5.74, 6) is -1.15. The summed E-state index contributed by atoms with van der Waals surface area (Å²) >= 11 is 1.69. The highest BCUT2D eigenvalue weighted by molar-refractivity contribution is 7.10. The van der Waals surface area contributed by atoms with Crippen LogP contribution in [0.1, 0.15) is 42.5 Å². The molecule has 0 aliphatic heterocycles. The second-order valence-corrected chi connectivity index (χ2v) is 5.96. The van der Waals surface area contributed by atoms with Crippen LogP contribution in [0.3, 0.4) is 0 Å². The van der Waals surface area contributed by atoms with Crippen LogP contribution in [-0.2, 0) is 16.0 Å². The maximum atomic E-state index is 12.5. The van der Waals surface area contributed by atoms with Crippen molar-refractivity contribution in [1.82, 2.24) is 4.90 Å². The highest BCUT2D eigenvalue weighted by Gasteiger charge is 2.33. The molecule has 0 saturated heterocycles. The van der Waals surface area contributed by atoms with E-state index in [4.69, 9.17) is 5.11 Å². The molecule has 1 aromatic rings. The number of hydrogen-bond donors (Lipinski definition) is 1. The molecule has 2 rings (SSSR count). The topological polar surface area (TPSA) is 57.6 Å². The molecule has 2 atom stereocenters. The van der Waals surface area contributed by atoms with Gasteiger partial charge in [-0.25, -0.2) is 4.79 Å². The predicted octanol–water partition coefficient (Wildman–Crippen LogP) is 2.49. The first-order valence-corrected chi connectivity index (χ1v) is 7.50. The summed E-state index contributed by atoms with van der Waals surface area (Å²) in [6.07, 6.45) is 3.29. The fourth-order valence-corrected chi connectivity index (χ4v) is 3.74. The number of thiophene rings is 1. The Labute approximate surface area is 117 Å². The number of fused-ring (bicyclic) bond motifs is 1. The SMILES string of the molecule is CCC(C(=O)O)N(C)C(=O)C1CCCc2sccc21. The lowest BCUT2D eigenvalue weighted by atomic mass is 9.86. The van der Waals surface area contributed by atoms with Gasteiger partial charge in [0, 0.05) is 11.9 Å². The van der Waals surface area contributed by atoms with E-state index in [0.29, 0.717) is 6.42 Å². The average Bonchev–Trinajstić information content (AvgIpc) is 2.86. The second kappa shape index (κ2) is 5.74. The Balaban J connectivity index is 2.19. The average molecular weight is 281 g/mol. The Morgan fingerprint density at radius 2 is 2.32 bits per heavy atom. The number of hydrogen-bond acceptors (Lipinski definition) is 3. The molecule has 2 unspecified atom stereocenters. The predicted molar refractivity (Wildman–Crippen MR) is 74.5 cm³/mol. The van der Waals surface area contributed by atoms with E-state index >= 15 is 0 Å². The molecule has 1 N–H and O–H groups in total. The van der Waals surface area contributed by atoms with Gasteiger partial charge in [-0.1, -0.05) is 6.92 Å². The number of rotatable bonds is 4. The van der Waals surface area contributed by atoms with Crippen molar-refractivity contribution >= 4 is 23.2 Å². The maximum Gasteiger partial charge on any atom is 0.326 e. The van der Waals surface area contributed by atoms with Crippen molar-refractivity contribution in [2.45, 2.75) is 44.6 Å². The molecule has 1 amide bonds. The molecule has 1 aliphatic rings. The minimum atomic E-state index is -0.931. The van der Waals surface area contributed by atoms with Gasteiger partial charge in [0.15, 0.2) is 0 Å². The summed E-state index contributed by atoms with van der Waals surface area (Å²) in [4.78, 5) is 26.4. The molecule has 0 fully saturated rings. The lowest BCUT2D eigenvalue weighted by molar-refractivity contribution is -0.149. The van der Waals surface area contributed by atoms with Crippen LogP contribution in [-0.4, -0.2) is 35.0 Å². The molecule has 0 radical (unpaired) electrons. The number of nitrogens with zero attached hydrogens (tertiary/aromatic N) is 1. The number of aryl methyl sites for hydroxylation is 1. The molecule has 0 bridgehead atoms. The summed E-state index contributed by atoms with van der Waals surface area (Å²) in [5.41, 5.74) is 1.10. The van der Waals surface area contributed by atoms with Gasteiger partial charge in [0.2, 0.25) is 5.91 Å². The zero-order valence-electron chi connectivity index (χ0n) is 11.3. The first-order chi connectivity index (χ1) is 9.06. The van der Waals surface area contributed by atoms with Crippen LogP contribution >= 0.6 is 11.3 Å². The van der Waals surface area contributed by atoms with Crippen molar-refractivity contribution in [3.05, 3.63) is 21.9 Å². The third-order valence-corrected chi connectivity index (χ3v) is 4.83. The molecule has 1 aromatic heterocycles. The fourth-order valence-electron chi connectivity index (χ4n) is 2.76. The standard InChI is InChI=1S/C14H19NO3S/c1-3-11(14(17)18)15(2)13(16)10-5-4-6-12-9(10)7-8-19-12/h7-8,10-11H,3-6H2,1-2H3,(H,17,18). The Kier molecular flexibility index (Phi) is 4.24. The van der Waals surface area contributed by atoms with Crippen LogP contribution in [0.5, 0.6) is 0 Å². The summed E-state index contributed by atoms with van der Waals surface area (Å²) in [5, 5.41) is 11.2. The molecule has 1 aliphatic carbocycles. The van der Waals surface area contributed by atoms with Crippen LogP contribution in [0.25, 0.3) is 0 Å². The summed E-state index contributed by atoms with van der Waals surface area (Å²) in [6, 6.07) is 1.29. The van der Waals surface area contributed by atoms with Crippen molar-refractivity contribution < 1.29 is 14.7 Å². The van der Waals surface area contributed by atoms with Gasteiger partial charge in [0.05, 0.1) is 5.92 Å². The Morgan fingerprint density at radius 1 is 1.58 bits per heavy atom. The monoisotopic (exact) mass is 281 g/mol. The summed E-state index contributed by atoms with van der Waals surface area (Å²) < 4.78 is 0. The molecule has 104 valence electrons. The van der Waals surface area contributed by atoms with Crippen LogP contribution in [0.2, 0.25) is 0 Å². The third kappa shape index (κ3) is 2.66. The van der Waals surface area contributed by atoms with E-state index in [2.05, 4.69) is 0 Å². The van der Waals surface area contributed by atoms with Crippen LogP contribution in [0.4, 0.5) is 0 Å². The van der Waals surface area contributed by atoms with Crippen molar-refractivity contribution in [1.29, 1.82) is 0 Å². The second-order valence-electron chi connectivity index (χ2n) is 4.96. The number of aliphatic carboxylic acids is 1.